The number of likely N-dealkylation sites (tertiary alicyclic amines) is 1. The summed E-state index contributed by atoms with van der Waals surface area (Å²) in [6, 6.07) is 10.1. The Kier molecular flexibility index (Phi) is 4.09. The molecule has 6 nitrogen and oxygen atoms in total. The number of hydrogen-bond acceptors (Lipinski definition) is 4. The van der Waals surface area contributed by atoms with Crippen molar-refractivity contribution in [1.82, 2.24) is 19.9 Å². The SMILES string of the molecule is CN(c1ccncn1)C1CCN(C(=O)c2cccc3[nH]ccc23)CC1. The minimum Gasteiger partial charge on any atom is -0.361 e. The molecule has 0 atom stereocenters. The highest BCUT2D eigenvalue weighted by atomic mass is 16.2. The fourth-order valence-electron chi connectivity index (χ4n) is 3.58. The van der Waals surface area contributed by atoms with Gasteiger partial charge in [0.15, 0.2) is 0 Å². The smallest absolute Gasteiger partial charge is 0.254 e. The lowest BCUT2D eigenvalue weighted by molar-refractivity contribution is 0.0715. The second kappa shape index (κ2) is 6.55. The molecule has 1 aliphatic heterocycles. The van der Waals surface area contributed by atoms with Gasteiger partial charge in [0.2, 0.25) is 0 Å². The van der Waals surface area contributed by atoms with Crippen molar-refractivity contribution in [3.05, 3.63) is 54.6 Å². The van der Waals surface area contributed by atoms with Crippen LogP contribution in [0.1, 0.15) is 23.2 Å². The predicted molar refractivity (Wildman–Crippen MR) is 97.7 cm³/mol. The average molecular weight is 335 g/mol. The minimum atomic E-state index is 0.119. The van der Waals surface area contributed by atoms with E-state index < -0.39 is 0 Å². The van der Waals surface area contributed by atoms with Gasteiger partial charge in [-0.15, -0.1) is 0 Å². The van der Waals surface area contributed by atoms with E-state index in [1.807, 2.05) is 41.4 Å². The van der Waals surface area contributed by atoms with E-state index in [1.54, 1.807) is 12.5 Å². The fourth-order valence-corrected chi connectivity index (χ4v) is 3.58. The van der Waals surface area contributed by atoms with E-state index in [1.165, 1.54) is 0 Å². The molecule has 0 saturated carbocycles. The fraction of sp³-hybridized carbons (Fsp3) is 0.316. The third-order valence-corrected chi connectivity index (χ3v) is 5.05. The summed E-state index contributed by atoms with van der Waals surface area (Å²) < 4.78 is 0. The second-order valence-electron chi connectivity index (χ2n) is 6.45. The number of piperidine rings is 1. The maximum Gasteiger partial charge on any atom is 0.254 e. The largest absolute Gasteiger partial charge is 0.361 e. The van der Waals surface area contributed by atoms with E-state index in [2.05, 4.69) is 26.9 Å². The topological polar surface area (TPSA) is 65.1 Å². The van der Waals surface area contributed by atoms with Crippen molar-refractivity contribution in [1.29, 1.82) is 0 Å². The molecule has 0 bridgehead atoms. The van der Waals surface area contributed by atoms with Crippen LogP contribution < -0.4 is 4.90 Å². The van der Waals surface area contributed by atoms with Crippen molar-refractivity contribution in [2.45, 2.75) is 18.9 Å². The molecular weight excluding hydrogens is 314 g/mol. The second-order valence-corrected chi connectivity index (χ2v) is 6.45. The van der Waals surface area contributed by atoms with Gasteiger partial charge in [-0.2, -0.15) is 0 Å². The zero-order valence-corrected chi connectivity index (χ0v) is 14.2. The van der Waals surface area contributed by atoms with E-state index in [0.717, 1.165) is 48.2 Å². The molecule has 1 aliphatic rings. The minimum absolute atomic E-state index is 0.119. The quantitative estimate of drug-likeness (QED) is 0.799. The van der Waals surface area contributed by atoms with Crippen LogP contribution in [0.15, 0.2) is 49.1 Å². The molecule has 3 aromatic rings. The summed E-state index contributed by atoms with van der Waals surface area (Å²) in [7, 11) is 2.06. The number of aromatic amines is 1. The number of carbonyl (C=O) groups is 1. The predicted octanol–water partition coefficient (Wildman–Crippen LogP) is 2.70. The van der Waals surface area contributed by atoms with Gasteiger partial charge in [-0.3, -0.25) is 4.79 Å². The number of carbonyl (C=O) groups excluding carboxylic acids is 1. The molecule has 1 amide bonds. The molecule has 3 heterocycles. The number of H-pyrrole nitrogens is 1. The first kappa shape index (κ1) is 15.6. The summed E-state index contributed by atoms with van der Waals surface area (Å²) in [5.74, 6) is 1.05. The number of aromatic nitrogens is 3. The van der Waals surface area contributed by atoms with Gasteiger partial charge in [-0.1, -0.05) is 6.07 Å². The summed E-state index contributed by atoms with van der Waals surface area (Å²) in [5.41, 5.74) is 1.78. The van der Waals surface area contributed by atoms with Gasteiger partial charge < -0.3 is 14.8 Å². The van der Waals surface area contributed by atoms with Gasteiger partial charge >= 0.3 is 0 Å². The Morgan fingerprint density at radius 1 is 1.24 bits per heavy atom. The Morgan fingerprint density at radius 2 is 2.08 bits per heavy atom. The van der Waals surface area contributed by atoms with Crippen LogP contribution in [0.4, 0.5) is 5.82 Å². The van der Waals surface area contributed by atoms with Crippen LogP contribution in [-0.4, -0.2) is 51.9 Å². The zero-order chi connectivity index (χ0) is 17.2. The van der Waals surface area contributed by atoms with Crippen LogP contribution in [0.5, 0.6) is 0 Å². The Balaban J connectivity index is 1.45. The molecule has 1 saturated heterocycles. The number of amides is 1. The van der Waals surface area contributed by atoms with E-state index in [9.17, 15) is 4.79 Å². The van der Waals surface area contributed by atoms with Crippen molar-refractivity contribution < 1.29 is 4.79 Å². The molecule has 1 fully saturated rings. The van der Waals surface area contributed by atoms with Gasteiger partial charge in [-0.05, 0) is 37.1 Å². The number of rotatable bonds is 3. The Morgan fingerprint density at radius 3 is 2.84 bits per heavy atom. The van der Waals surface area contributed by atoms with Crippen molar-refractivity contribution in [2.75, 3.05) is 25.0 Å². The number of fused-ring (bicyclic) bond motifs is 1. The van der Waals surface area contributed by atoms with Gasteiger partial charge in [0.05, 0.1) is 0 Å². The third-order valence-electron chi connectivity index (χ3n) is 5.05. The summed E-state index contributed by atoms with van der Waals surface area (Å²) in [6.45, 7) is 1.53. The molecule has 1 N–H and O–H groups in total. The van der Waals surface area contributed by atoms with Gasteiger partial charge in [-0.25, -0.2) is 9.97 Å². The van der Waals surface area contributed by atoms with Crippen LogP contribution in [0, 0.1) is 0 Å². The number of nitrogens with one attached hydrogen (secondary N) is 1. The lowest BCUT2D eigenvalue weighted by atomic mass is 10.0. The van der Waals surface area contributed by atoms with E-state index in [0.29, 0.717) is 6.04 Å². The normalized spacial score (nSPS) is 15.5. The summed E-state index contributed by atoms with van der Waals surface area (Å²) in [5, 5.41) is 0.993. The standard InChI is InChI=1S/C19H21N5O/c1-23(18-6-9-20-13-22-18)14-7-11-24(12-8-14)19(25)16-3-2-4-17-15(16)5-10-21-17/h2-6,9-10,13-14,21H,7-8,11-12H2,1H3. The molecule has 0 radical (unpaired) electrons. The molecule has 25 heavy (non-hydrogen) atoms. The van der Waals surface area contributed by atoms with Crippen molar-refractivity contribution in [3.8, 4) is 0 Å². The zero-order valence-electron chi connectivity index (χ0n) is 14.2. The first-order valence-electron chi connectivity index (χ1n) is 8.58. The highest BCUT2D eigenvalue weighted by Crippen LogP contribution is 2.23. The molecule has 0 aliphatic carbocycles. The highest BCUT2D eigenvalue weighted by molar-refractivity contribution is 6.06. The number of anilines is 1. The number of nitrogens with zero attached hydrogens (tertiary/aromatic N) is 4. The number of benzene rings is 1. The maximum absolute atomic E-state index is 12.9. The van der Waals surface area contributed by atoms with Crippen molar-refractivity contribution >= 4 is 22.6 Å². The van der Waals surface area contributed by atoms with Crippen LogP contribution in [0.25, 0.3) is 10.9 Å². The Labute approximate surface area is 146 Å². The first-order valence-corrected chi connectivity index (χ1v) is 8.58. The van der Waals surface area contributed by atoms with Gasteiger partial charge in [0.1, 0.15) is 12.1 Å². The monoisotopic (exact) mass is 335 g/mol. The summed E-state index contributed by atoms with van der Waals surface area (Å²) >= 11 is 0. The van der Waals surface area contributed by atoms with Crippen LogP contribution in [-0.2, 0) is 0 Å². The number of hydrogen-bond donors (Lipinski definition) is 1. The van der Waals surface area contributed by atoms with Crippen LogP contribution >= 0.6 is 0 Å². The molecule has 2 aromatic heterocycles. The Hall–Kier alpha value is -2.89. The summed E-state index contributed by atoms with van der Waals surface area (Å²) in [4.78, 5) is 28.5. The summed E-state index contributed by atoms with van der Waals surface area (Å²) in [6.07, 6.45) is 7.09. The Bertz CT molecular complexity index is 868. The third kappa shape index (κ3) is 2.95. The maximum atomic E-state index is 12.9. The van der Waals surface area contributed by atoms with Crippen LogP contribution in [0.2, 0.25) is 0 Å². The molecule has 128 valence electrons. The van der Waals surface area contributed by atoms with Crippen molar-refractivity contribution in [2.24, 2.45) is 0 Å². The van der Waals surface area contributed by atoms with Crippen LogP contribution in [0.3, 0.4) is 0 Å². The van der Waals surface area contributed by atoms with E-state index in [4.69, 9.17) is 0 Å². The van der Waals surface area contributed by atoms with Gasteiger partial charge in [0, 0.05) is 55.0 Å². The first-order chi connectivity index (χ1) is 12.2. The lowest BCUT2D eigenvalue weighted by Gasteiger charge is -2.37. The molecule has 1 aromatic carbocycles. The molecule has 4 rings (SSSR count). The molecule has 0 spiro atoms. The highest BCUT2D eigenvalue weighted by Gasteiger charge is 2.27. The van der Waals surface area contributed by atoms with Gasteiger partial charge in [0.25, 0.3) is 5.91 Å². The molecular formula is C19H21N5O. The average Bonchev–Trinajstić information content (AvgIpc) is 3.16. The van der Waals surface area contributed by atoms with Crippen molar-refractivity contribution in [3.63, 3.8) is 0 Å². The molecule has 0 unspecified atom stereocenters. The van der Waals surface area contributed by atoms with E-state index in [-0.39, 0.29) is 5.91 Å². The molecule has 6 heteroatoms. The lowest BCUT2D eigenvalue weighted by Crippen LogP contribution is -2.45. The van der Waals surface area contributed by atoms with E-state index >= 15 is 0 Å².